The molecule has 0 saturated carbocycles. The van der Waals surface area contributed by atoms with Crippen molar-refractivity contribution in [3.63, 3.8) is 0 Å². The van der Waals surface area contributed by atoms with E-state index in [0.29, 0.717) is 10.8 Å². The highest BCUT2D eigenvalue weighted by molar-refractivity contribution is 6.30. The summed E-state index contributed by atoms with van der Waals surface area (Å²) >= 11 is 5.98. The Hall–Kier alpha value is -4.37. The van der Waals surface area contributed by atoms with Crippen molar-refractivity contribution in [1.29, 1.82) is 0 Å². The predicted octanol–water partition coefficient (Wildman–Crippen LogP) is 6.45. The standard InChI is InChI=1S/C26H23ClN4O5/c1-16-4-6-24(17(2)10-16)35-15-30-9-8-23(29-30)26(32)28-20-12-21(31(33)34)14-22(13-20)36-25-7-5-19(27)11-18(25)3/h4-14H,15H2,1-3H3,(H,28,32). The van der Waals surface area contributed by atoms with Crippen LogP contribution in [0.5, 0.6) is 17.2 Å². The van der Waals surface area contributed by atoms with Gasteiger partial charge in [-0.3, -0.25) is 14.9 Å². The summed E-state index contributed by atoms with van der Waals surface area (Å²) in [5, 5.41) is 18.9. The summed E-state index contributed by atoms with van der Waals surface area (Å²) in [5.74, 6) is 0.869. The Morgan fingerprint density at radius 3 is 2.50 bits per heavy atom. The summed E-state index contributed by atoms with van der Waals surface area (Å²) in [7, 11) is 0. The summed E-state index contributed by atoms with van der Waals surface area (Å²) in [6, 6.07) is 16.5. The second-order valence-corrected chi connectivity index (χ2v) is 8.66. The molecule has 0 fully saturated rings. The maximum absolute atomic E-state index is 12.8. The lowest BCUT2D eigenvalue weighted by Crippen LogP contribution is -2.14. The Morgan fingerprint density at radius 2 is 1.78 bits per heavy atom. The van der Waals surface area contributed by atoms with Crippen molar-refractivity contribution in [2.75, 3.05) is 5.32 Å². The number of nitro groups is 1. The van der Waals surface area contributed by atoms with Gasteiger partial charge in [0.1, 0.15) is 17.2 Å². The van der Waals surface area contributed by atoms with Gasteiger partial charge < -0.3 is 14.8 Å². The maximum Gasteiger partial charge on any atom is 0.276 e. The number of nitrogens with zero attached hydrogens (tertiary/aromatic N) is 3. The highest BCUT2D eigenvalue weighted by atomic mass is 35.5. The van der Waals surface area contributed by atoms with Crippen LogP contribution in [-0.2, 0) is 6.73 Å². The van der Waals surface area contributed by atoms with E-state index in [2.05, 4.69) is 10.4 Å². The van der Waals surface area contributed by atoms with Crippen molar-refractivity contribution in [1.82, 2.24) is 9.78 Å². The lowest BCUT2D eigenvalue weighted by molar-refractivity contribution is -0.384. The molecule has 184 valence electrons. The monoisotopic (exact) mass is 506 g/mol. The highest BCUT2D eigenvalue weighted by Gasteiger charge is 2.16. The number of carbonyl (C=O) groups excluding carboxylic acids is 1. The van der Waals surface area contributed by atoms with Crippen LogP contribution in [0, 0.1) is 30.9 Å². The Morgan fingerprint density at radius 1 is 1.03 bits per heavy atom. The minimum absolute atomic E-state index is 0.117. The van der Waals surface area contributed by atoms with E-state index in [4.69, 9.17) is 21.1 Å². The van der Waals surface area contributed by atoms with Crippen LogP contribution in [0.1, 0.15) is 27.2 Å². The first-order valence-corrected chi connectivity index (χ1v) is 11.3. The number of ether oxygens (including phenoxy) is 2. The van der Waals surface area contributed by atoms with Crippen LogP contribution in [0.25, 0.3) is 0 Å². The van der Waals surface area contributed by atoms with Crippen LogP contribution in [-0.4, -0.2) is 20.6 Å². The van der Waals surface area contributed by atoms with E-state index in [0.717, 1.165) is 22.4 Å². The van der Waals surface area contributed by atoms with Gasteiger partial charge in [0.25, 0.3) is 11.6 Å². The van der Waals surface area contributed by atoms with Crippen LogP contribution in [0.2, 0.25) is 5.02 Å². The Labute approximate surface area is 212 Å². The molecule has 1 aromatic heterocycles. The van der Waals surface area contributed by atoms with Crippen molar-refractivity contribution >= 4 is 28.9 Å². The van der Waals surface area contributed by atoms with Crippen LogP contribution in [0.3, 0.4) is 0 Å². The van der Waals surface area contributed by atoms with Crippen molar-refractivity contribution in [3.8, 4) is 17.2 Å². The third-order valence-electron chi connectivity index (χ3n) is 5.28. The fourth-order valence-electron chi connectivity index (χ4n) is 3.52. The van der Waals surface area contributed by atoms with E-state index in [9.17, 15) is 14.9 Å². The number of nitrogens with one attached hydrogen (secondary N) is 1. The van der Waals surface area contributed by atoms with Crippen LogP contribution < -0.4 is 14.8 Å². The number of anilines is 1. The van der Waals surface area contributed by atoms with Gasteiger partial charge in [0.15, 0.2) is 12.4 Å². The third kappa shape index (κ3) is 6.00. The molecular weight excluding hydrogens is 484 g/mol. The molecule has 1 N–H and O–H groups in total. The van der Waals surface area contributed by atoms with E-state index in [1.165, 1.54) is 28.9 Å². The molecule has 0 aliphatic carbocycles. The molecule has 0 atom stereocenters. The molecule has 1 heterocycles. The molecule has 36 heavy (non-hydrogen) atoms. The fraction of sp³-hybridized carbons (Fsp3) is 0.154. The van der Waals surface area contributed by atoms with Gasteiger partial charge in [0.2, 0.25) is 0 Å². The molecule has 4 rings (SSSR count). The van der Waals surface area contributed by atoms with Crippen molar-refractivity contribution in [2.45, 2.75) is 27.5 Å². The number of halogens is 1. The molecule has 9 nitrogen and oxygen atoms in total. The number of hydrogen-bond donors (Lipinski definition) is 1. The lowest BCUT2D eigenvalue weighted by atomic mass is 10.1. The molecule has 0 aliphatic heterocycles. The zero-order valence-corrected chi connectivity index (χ0v) is 20.6. The van der Waals surface area contributed by atoms with Crippen molar-refractivity contribution in [2.24, 2.45) is 0 Å². The molecule has 4 aromatic rings. The number of benzene rings is 3. The third-order valence-corrected chi connectivity index (χ3v) is 5.52. The van der Waals surface area contributed by atoms with Crippen molar-refractivity contribution < 1.29 is 19.2 Å². The zero-order valence-electron chi connectivity index (χ0n) is 19.8. The van der Waals surface area contributed by atoms with Gasteiger partial charge in [-0.25, -0.2) is 4.68 Å². The number of non-ortho nitro benzene ring substituents is 1. The van der Waals surface area contributed by atoms with E-state index in [-0.39, 0.29) is 29.5 Å². The van der Waals surface area contributed by atoms with Crippen LogP contribution in [0.15, 0.2) is 66.9 Å². The van der Waals surface area contributed by atoms with E-state index >= 15 is 0 Å². The first-order valence-electron chi connectivity index (χ1n) is 11.0. The van der Waals surface area contributed by atoms with E-state index in [1.54, 1.807) is 31.3 Å². The predicted molar refractivity (Wildman–Crippen MR) is 136 cm³/mol. The topological polar surface area (TPSA) is 109 Å². The number of rotatable bonds is 8. The minimum atomic E-state index is -0.559. The number of aromatic nitrogens is 2. The Balaban J connectivity index is 1.48. The second-order valence-electron chi connectivity index (χ2n) is 8.22. The maximum atomic E-state index is 12.8. The first-order chi connectivity index (χ1) is 17.2. The Kier molecular flexibility index (Phi) is 7.21. The van der Waals surface area contributed by atoms with Gasteiger partial charge in [-0.15, -0.1) is 0 Å². The van der Waals surface area contributed by atoms with Gasteiger partial charge in [-0.05, 0) is 62.2 Å². The van der Waals surface area contributed by atoms with Gasteiger partial charge in [0.05, 0.1) is 16.7 Å². The summed E-state index contributed by atoms with van der Waals surface area (Å²) in [6.07, 6.45) is 1.61. The smallest absolute Gasteiger partial charge is 0.276 e. The molecule has 0 bridgehead atoms. The minimum Gasteiger partial charge on any atom is -0.471 e. The molecule has 0 spiro atoms. The fourth-order valence-corrected chi connectivity index (χ4v) is 3.75. The number of carbonyl (C=O) groups is 1. The lowest BCUT2D eigenvalue weighted by Gasteiger charge is -2.11. The summed E-state index contributed by atoms with van der Waals surface area (Å²) in [6.45, 7) is 5.88. The highest BCUT2D eigenvalue weighted by Crippen LogP contribution is 2.32. The van der Waals surface area contributed by atoms with Gasteiger partial charge in [-0.1, -0.05) is 29.3 Å². The van der Waals surface area contributed by atoms with Gasteiger partial charge >= 0.3 is 0 Å². The normalized spacial score (nSPS) is 10.7. The average molecular weight is 507 g/mol. The molecular formula is C26H23ClN4O5. The van der Waals surface area contributed by atoms with E-state index < -0.39 is 10.8 Å². The molecule has 0 radical (unpaired) electrons. The number of aryl methyl sites for hydroxylation is 3. The largest absolute Gasteiger partial charge is 0.471 e. The number of amides is 1. The molecule has 10 heteroatoms. The number of nitro benzene ring substituents is 1. The Bertz CT molecular complexity index is 1450. The quantitative estimate of drug-likeness (QED) is 0.217. The van der Waals surface area contributed by atoms with E-state index in [1.807, 2.05) is 32.0 Å². The molecule has 0 unspecified atom stereocenters. The summed E-state index contributed by atoms with van der Waals surface area (Å²) in [4.78, 5) is 23.7. The van der Waals surface area contributed by atoms with Crippen LogP contribution in [0.4, 0.5) is 11.4 Å². The SMILES string of the molecule is Cc1ccc(OCn2ccc(C(=O)Nc3cc(Oc4ccc(Cl)cc4C)cc([N+](=O)[O-])c3)n2)c(C)c1. The molecule has 0 aliphatic rings. The van der Waals surface area contributed by atoms with Crippen LogP contribution >= 0.6 is 11.6 Å². The average Bonchev–Trinajstić information content (AvgIpc) is 3.29. The van der Waals surface area contributed by atoms with Gasteiger partial charge in [0, 0.05) is 23.4 Å². The second kappa shape index (κ2) is 10.5. The first kappa shape index (κ1) is 24.7. The zero-order chi connectivity index (χ0) is 25.8. The number of hydrogen-bond acceptors (Lipinski definition) is 6. The summed E-state index contributed by atoms with van der Waals surface area (Å²) in [5.41, 5.74) is 2.97. The molecule has 1 amide bonds. The molecule has 3 aromatic carbocycles. The molecule has 0 saturated heterocycles. The summed E-state index contributed by atoms with van der Waals surface area (Å²) < 4.78 is 13.1. The van der Waals surface area contributed by atoms with Gasteiger partial charge in [-0.2, -0.15) is 5.10 Å². The van der Waals surface area contributed by atoms with Crippen molar-refractivity contribution in [3.05, 3.63) is 104 Å².